The molecule has 1 aromatic heterocycles. The summed E-state index contributed by atoms with van der Waals surface area (Å²) in [4.78, 5) is 3.99. The number of rotatable bonds is 4. The van der Waals surface area contributed by atoms with Crippen LogP contribution in [-0.4, -0.2) is 11.1 Å². The molecule has 2 unspecified atom stereocenters. The number of halogens is 2. The Bertz CT molecular complexity index is 399. The summed E-state index contributed by atoms with van der Waals surface area (Å²) in [6, 6.07) is 1.59. The number of aromatic nitrogens is 1. The highest BCUT2D eigenvalue weighted by atomic mass is 35.5. The quantitative estimate of drug-likeness (QED) is 0.762. The molecule has 2 nitrogen and oxygen atoms in total. The lowest BCUT2D eigenvalue weighted by molar-refractivity contribution is 0.0812. The molecular weight excluding hydrogens is 253 g/mol. The van der Waals surface area contributed by atoms with Gasteiger partial charge in [0.05, 0.1) is 5.88 Å². The molecule has 0 aromatic carbocycles. The summed E-state index contributed by atoms with van der Waals surface area (Å²) in [7, 11) is 0. The third kappa shape index (κ3) is 2.94. The molecule has 1 saturated carbocycles. The van der Waals surface area contributed by atoms with Crippen molar-refractivity contribution in [1.82, 2.24) is 4.98 Å². The number of hydrogen-bond donors (Lipinski definition) is 0. The molecule has 1 aliphatic rings. The van der Waals surface area contributed by atoms with E-state index in [1.54, 1.807) is 12.3 Å². The van der Waals surface area contributed by atoms with E-state index >= 15 is 0 Å². The van der Waals surface area contributed by atoms with Crippen LogP contribution >= 0.6 is 11.6 Å². The molecule has 0 spiro atoms. The first-order valence-corrected chi connectivity index (χ1v) is 7.15. The maximum atomic E-state index is 14.0. The Morgan fingerprint density at radius 1 is 1.44 bits per heavy atom. The van der Waals surface area contributed by atoms with Gasteiger partial charge in [-0.3, -0.25) is 0 Å². The van der Waals surface area contributed by atoms with Crippen molar-refractivity contribution in [2.75, 3.05) is 0 Å². The number of pyridine rings is 1. The summed E-state index contributed by atoms with van der Waals surface area (Å²) in [6.45, 7) is 2.16. The molecule has 4 heteroatoms. The molecule has 1 fully saturated rings. The lowest BCUT2D eigenvalue weighted by Crippen LogP contribution is -2.30. The number of ether oxygens (including phenoxy) is 1. The number of hydrogen-bond acceptors (Lipinski definition) is 2. The van der Waals surface area contributed by atoms with E-state index in [2.05, 4.69) is 11.9 Å². The third-order valence-electron chi connectivity index (χ3n) is 3.71. The van der Waals surface area contributed by atoms with E-state index in [0.29, 0.717) is 11.5 Å². The van der Waals surface area contributed by atoms with Gasteiger partial charge in [-0.25, -0.2) is 9.37 Å². The Balaban J connectivity index is 2.12. The van der Waals surface area contributed by atoms with Crippen LogP contribution in [0.1, 0.15) is 44.6 Å². The van der Waals surface area contributed by atoms with Gasteiger partial charge in [0.1, 0.15) is 6.10 Å². The molecule has 18 heavy (non-hydrogen) atoms. The van der Waals surface area contributed by atoms with Gasteiger partial charge in [0.25, 0.3) is 5.88 Å². The molecular formula is C14H19ClFNO. The highest BCUT2D eigenvalue weighted by Crippen LogP contribution is 2.31. The molecule has 0 radical (unpaired) electrons. The zero-order valence-electron chi connectivity index (χ0n) is 10.7. The first-order chi connectivity index (χ1) is 8.76. The molecule has 0 bridgehead atoms. The van der Waals surface area contributed by atoms with Crippen LogP contribution in [0.15, 0.2) is 12.3 Å². The molecule has 100 valence electrons. The van der Waals surface area contributed by atoms with Gasteiger partial charge in [0.2, 0.25) is 0 Å². The summed E-state index contributed by atoms with van der Waals surface area (Å²) < 4.78 is 19.8. The summed E-state index contributed by atoms with van der Waals surface area (Å²) in [5.41, 5.74) is 0.450. The van der Waals surface area contributed by atoms with E-state index in [9.17, 15) is 4.39 Å². The minimum Gasteiger partial charge on any atom is -0.472 e. The van der Waals surface area contributed by atoms with Crippen molar-refractivity contribution in [3.05, 3.63) is 23.6 Å². The first-order valence-electron chi connectivity index (χ1n) is 6.62. The summed E-state index contributed by atoms with van der Waals surface area (Å²) in [5.74, 6) is 0.359. The average Bonchev–Trinajstić information content (AvgIpc) is 2.42. The van der Waals surface area contributed by atoms with Crippen LogP contribution in [0, 0.1) is 11.7 Å². The normalized spacial score (nSPS) is 23.9. The van der Waals surface area contributed by atoms with Crippen molar-refractivity contribution in [1.29, 1.82) is 0 Å². The van der Waals surface area contributed by atoms with Gasteiger partial charge >= 0.3 is 0 Å². The zero-order valence-corrected chi connectivity index (χ0v) is 11.4. The Hall–Kier alpha value is -0.830. The second kappa shape index (κ2) is 6.37. The van der Waals surface area contributed by atoms with Gasteiger partial charge in [0.15, 0.2) is 5.82 Å². The van der Waals surface area contributed by atoms with Crippen LogP contribution in [0.2, 0.25) is 0 Å². The average molecular weight is 272 g/mol. The van der Waals surface area contributed by atoms with Gasteiger partial charge in [-0.2, -0.15) is 0 Å². The fourth-order valence-electron chi connectivity index (χ4n) is 2.59. The minimum absolute atomic E-state index is 0.0938. The Labute approximate surface area is 113 Å². The third-order valence-corrected chi connectivity index (χ3v) is 4.00. The zero-order chi connectivity index (χ0) is 13.0. The van der Waals surface area contributed by atoms with E-state index in [0.717, 1.165) is 25.7 Å². The van der Waals surface area contributed by atoms with E-state index in [1.807, 2.05) is 0 Å². The summed E-state index contributed by atoms with van der Waals surface area (Å²) in [5, 5.41) is 0. The maximum Gasteiger partial charge on any atom is 0.250 e. The lowest BCUT2D eigenvalue weighted by Gasteiger charge is -2.30. The Kier molecular flexibility index (Phi) is 4.81. The van der Waals surface area contributed by atoms with Gasteiger partial charge < -0.3 is 4.74 Å². The standard InChI is InChI=1S/C14H19ClFNO/c1-2-10-5-3-4-6-12(10)18-14-13(16)11(9-15)7-8-17-14/h7-8,10,12H,2-6,9H2,1H3. The van der Waals surface area contributed by atoms with Crippen LogP contribution in [0.3, 0.4) is 0 Å². The predicted molar refractivity (Wildman–Crippen MR) is 70.4 cm³/mol. The fraction of sp³-hybridized carbons (Fsp3) is 0.643. The van der Waals surface area contributed by atoms with Crippen LogP contribution in [0.25, 0.3) is 0 Å². The Morgan fingerprint density at radius 3 is 2.94 bits per heavy atom. The number of alkyl halides is 1. The topological polar surface area (TPSA) is 22.1 Å². The molecule has 1 heterocycles. The van der Waals surface area contributed by atoms with Crippen molar-refractivity contribution >= 4 is 11.6 Å². The second-order valence-electron chi connectivity index (χ2n) is 4.83. The highest BCUT2D eigenvalue weighted by molar-refractivity contribution is 6.17. The smallest absolute Gasteiger partial charge is 0.250 e. The van der Waals surface area contributed by atoms with E-state index in [-0.39, 0.29) is 17.9 Å². The van der Waals surface area contributed by atoms with Crippen LogP contribution in [0.4, 0.5) is 4.39 Å². The molecule has 2 rings (SSSR count). The SMILES string of the molecule is CCC1CCCCC1Oc1nccc(CCl)c1F. The summed E-state index contributed by atoms with van der Waals surface area (Å²) in [6.07, 6.45) is 7.27. The lowest BCUT2D eigenvalue weighted by atomic mass is 9.85. The monoisotopic (exact) mass is 271 g/mol. The van der Waals surface area contributed by atoms with Crippen molar-refractivity contribution in [2.24, 2.45) is 5.92 Å². The first kappa shape index (κ1) is 13.6. The van der Waals surface area contributed by atoms with Gasteiger partial charge in [0, 0.05) is 11.8 Å². The largest absolute Gasteiger partial charge is 0.472 e. The molecule has 0 saturated heterocycles. The molecule has 2 atom stereocenters. The van der Waals surface area contributed by atoms with Crippen molar-refractivity contribution < 1.29 is 9.13 Å². The van der Waals surface area contributed by atoms with Crippen LogP contribution in [0.5, 0.6) is 5.88 Å². The molecule has 1 aliphatic carbocycles. The van der Waals surface area contributed by atoms with Crippen LogP contribution < -0.4 is 4.74 Å². The van der Waals surface area contributed by atoms with Crippen molar-refractivity contribution in [3.8, 4) is 5.88 Å². The maximum absolute atomic E-state index is 14.0. The highest BCUT2D eigenvalue weighted by Gasteiger charge is 2.26. The summed E-state index contributed by atoms with van der Waals surface area (Å²) >= 11 is 5.68. The van der Waals surface area contributed by atoms with E-state index < -0.39 is 5.82 Å². The second-order valence-corrected chi connectivity index (χ2v) is 5.10. The van der Waals surface area contributed by atoms with Crippen molar-refractivity contribution in [3.63, 3.8) is 0 Å². The van der Waals surface area contributed by atoms with Gasteiger partial charge in [-0.05, 0) is 37.7 Å². The minimum atomic E-state index is -0.409. The predicted octanol–water partition coefficient (Wildman–Crippen LogP) is 4.31. The molecule has 1 aromatic rings. The van der Waals surface area contributed by atoms with E-state index in [4.69, 9.17) is 16.3 Å². The number of nitrogens with zero attached hydrogens (tertiary/aromatic N) is 1. The van der Waals surface area contributed by atoms with E-state index in [1.165, 1.54) is 6.42 Å². The molecule has 0 aliphatic heterocycles. The van der Waals surface area contributed by atoms with Crippen molar-refractivity contribution in [2.45, 2.75) is 51.0 Å². The fourth-order valence-corrected chi connectivity index (χ4v) is 2.79. The van der Waals surface area contributed by atoms with Gasteiger partial charge in [-0.1, -0.05) is 13.3 Å². The van der Waals surface area contributed by atoms with Gasteiger partial charge in [-0.15, -0.1) is 11.6 Å². The molecule has 0 N–H and O–H groups in total. The Morgan fingerprint density at radius 2 is 2.22 bits per heavy atom. The van der Waals surface area contributed by atoms with Crippen LogP contribution in [-0.2, 0) is 5.88 Å². The molecule has 0 amide bonds.